The number of hydrogen-bond donors (Lipinski definition) is 1. The van der Waals surface area contributed by atoms with Crippen LogP contribution in [-0.2, 0) is 5.41 Å². The highest BCUT2D eigenvalue weighted by Gasteiger charge is 2.29. The standard InChI is InChI=1S/C17H17N/c18-13-17(10-4-1-5-11-17)16-9-8-14-6-2-3-7-15(14)12-16/h1-4,6-9,12-13,18H,5,10-11H2/t17-/m1/s1. The molecule has 0 bridgehead atoms. The van der Waals surface area contributed by atoms with Crippen LogP contribution in [0.4, 0.5) is 0 Å². The van der Waals surface area contributed by atoms with Crippen molar-refractivity contribution in [3.8, 4) is 0 Å². The van der Waals surface area contributed by atoms with Crippen LogP contribution in [-0.4, -0.2) is 6.21 Å². The zero-order chi connectivity index (χ0) is 12.4. The SMILES string of the molecule is N=C[C@@]1(c2ccc3ccccc3c2)CC=CCC1. The maximum Gasteiger partial charge on any atom is 0.0336 e. The molecule has 1 aliphatic rings. The Morgan fingerprint density at radius 2 is 1.83 bits per heavy atom. The number of benzene rings is 2. The van der Waals surface area contributed by atoms with Crippen LogP contribution in [0.15, 0.2) is 54.6 Å². The first kappa shape index (κ1) is 11.2. The molecule has 1 aliphatic carbocycles. The highest BCUT2D eigenvalue weighted by Crippen LogP contribution is 2.36. The molecular formula is C17H17N. The van der Waals surface area contributed by atoms with Crippen LogP contribution in [0.3, 0.4) is 0 Å². The molecule has 0 fully saturated rings. The maximum absolute atomic E-state index is 7.83. The molecule has 3 rings (SSSR count). The Bertz CT molecular complexity index is 612. The smallest absolute Gasteiger partial charge is 0.0336 e. The van der Waals surface area contributed by atoms with Crippen molar-refractivity contribution in [2.45, 2.75) is 24.7 Å². The Hall–Kier alpha value is -1.89. The Morgan fingerprint density at radius 3 is 2.56 bits per heavy atom. The average Bonchev–Trinajstić information content (AvgIpc) is 2.47. The third kappa shape index (κ3) is 1.76. The summed E-state index contributed by atoms with van der Waals surface area (Å²) < 4.78 is 0. The topological polar surface area (TPSA) is 23.9 Å². The molecule has 0 heterocycles. The zero-order valence-corrected chi connectivity index (χ0v) is 10.4. The van der Waals surface area contributed by atoms with Crippen molar-refractivity contribution in [1.29, 1.82) is 5.41 Å². The van der Waals surface area contributed by atoms with E-state index in [-0.39, 0.29) is 5.41 Å². The van der Waals surface area contributed by atoms with Crippen LogP contribution in [0.25, 0.3) is 10.8 Å². The molecule has 0 saturated carbocycles. The summed E-state index contributed by atoms with van der Waals surface area (Å²) in [5, 5.41) is 10.4. The maximum atomic E-state index is 7.83. The monoisotopic (exact) mass is 235 g/mol. The number of nitrogens with one attached hydrogen (secondary N) is 1. The van der Waals surface area contributed by atoms with Crippen molar-refractivity contribution < 1.29 is 0 Å². The summed E-state index contributed by atoms with van der Waals surface area (Å²) in [6.07, 6.45) is 9.15. The van der Waals surface area contributed by atoms with E-state index in [1.165, 1.54) is 16.3 Å². The first-order chi connectivity index (χ1) is 8.84. The molecule has 0 aliphatic heterocycles. The lowest BCUT2D eigenvalue weighted by atomic mass is 9.72. The third-order valence-electron chi connectivity index (χ3n) is 4.01. The van der Waals surface area contributed by atoms with Gasteiger partial charge in [0.05, 0.1) is 0 Å². The van der Waals surface area contributed by atoms with Crippen LogP contribution < -0.4 is 0 Å². The van der Waals surface area contributed by atoms with E-state index in [0.717, 1.165) is 19.3 Å². The van der Waals surface area contributed by atoms with Gasteiger partial charge in [0.1, 0.15) is 0 Å². The molecular weight excluding hydrogens is 218 g/mol. The van der Waals surface area contributed by atoms with E-state index in [2.05, 4.69) is 54.6 Å². The van der Waals surface area contributed by atoms with Crippen molar-refractivity contribution in [1.82, 2.24) is 0 Å². The van der Waals surface area contributed by atoms with Gasteiger partial charge in [-0.1, -0.05) is 54.6 Å². The summed E-state index contributed by atoms with van der Waals surface area (Å²) >= 11 is 0. The third-order valence-corrected chi connectivity index (χ3v) is 4.01. The van der Waals surface area contributed by atoms with Gasteiger partial charge in [0.15, 0.2) is 0 Å². The molecule has 0 spiro atoms. The van der Waals surface area contributed by atoms with E-state index in [9.17, 15) is 0 Å². The summed E-state index contributed by atoms with van der Waals surface area (Å²) in [4.78, 5) is 0. The Labute approximate surface area is 108 Å². The van der Waals surface area contributed by atoms with E-state index in [4.69, 9.17) is 5.41 Å². The van der Waals surface area contributed by atoms with Crippen molar-refractivity contribution >= 4 is 17.0 Å². The van der Waals surface area contributed by atoms with Crippen molar-refractivity contribution in [2.24, 2.45) is 0 Å². The molecule has 0 saturated heterocycles. The van der Waals surface area contributed by atoms with Crippen molar-refractivity contribution in [3.05, 3.63) is 60.2 Å². The van der Waals surface area contributed by atoms with Gasteiger partial charge in [-0.15, -0.1) is 0 Å². The first-order valence-electron chi connectivity index (χ1n) is 6.50. The highest BCUT2D eigenvalue weighted by molar-refractivity contribution is 5.85. The molecule has 1 nitrogen and oxygen atoms in total. The van der Waals surface area contributed by atoms with Crippen LogP contribution in [0.2, 0.25) is 0 Å². The van der Waals surface area contributed by atoms with E-state index in [1.807, 2.05) is 0 Å². The zero-order valence-electron chi connectivity index (χ0n) is 10.4. The van der Waals surface area contributed by atoms with E-state index < -0.39 is 0 Å². The van der Waals surface area contributed by atoms with Gasteiger partial charge in [0.2, 0.25) is 0 Å². The second-order valence-electron chi connectivity index (χ2n) is 5.08. The Kier molecular flexibility index (Phi) is 2.75. The quantitative estimate of drug-likeness (QED) is 0.586. The molecule has 1 atom stereocenters. The molecule has 0 unspecified atom stereocenters. The lowest BCUT2D eigenvalue weighted by molar-refractivity contribution is 0.526. The summed E-state index contributed by atoms with van der Waals surface area (Å²) in [6, 6.07) is 15.0. The number of allylic oxidation sites excluding steroid dienone is 2. The van der Waals surface area contributed by atoms with Gasteiger partial charge in [-0.05, 0) is 35.6 Å². The highest BCUT2D eigenvalue weighted by atomic mass is 14.4. The van der Waals surface area contributed by atoms with Crippen molar-refractivity contribution in [2.75, 3.05) is 0 Å². The van der Waals surface area contributed by atoms with Crippen LogP contribution in [0.1, 0.15) is 24.8 Å². The van der Waals surface area contributed by atoms with E-state index in [1.54, 1.807) is 6.21 Å². The molecule has 1 N–H and O–H groups in total. The fourth-order valence-electron chi connectivity index (χ4n) is 2.83. The predicted molar refractivity (Wildman–Crippen MR) is 77.4 cm³/mol. The molecule has 0 radical (unpaired) electrons. The summed E-state index contributed by atoms with van der Waals surface area (Å²) in [5.41, 5.74) is 1.19. The largest absolute Gasteiger partial charge is 0.312 e. The lowest BCUT2D eigenvalue weighted by Crippen LogP contribution is -2.28. The first-order valence-corrected chi connectivity index (χ1v) is 6.50. The number of fused-ring (bicyclic) bond motifs is 1. The number of rotatable bonds is 2. The van der Waals surface area contributed by atoms with E-state index in [0.29, 0.717) is 0 Å². The van der Waals surface area contributed by atoms with E-state index >= 15 is 0 Å². The minimum Gasteiger partial charge on any atom is -0.312 e. The summed E-state index contributed by atoms with van der Waals surface area (Å²) in [5.74, 6) is 0. The average molecular weight is 235 g/mol. The van der Waals surface area contributed by atoms with Gasteiger partial charge in [-0.3, -0.25) is 0 Å². The predicted octanol–water partition coefficient (Wildman–Crippen LogP) is 4.47. The normalized spacial score (nSPS) is 23.1. The minimum absolute atomic E-state index is 0.0845. The lowest BCUT2D eigenvalue weighted by Gasteiger charge is -2.31. The molecule has 18 heavy (non-hydrogen) atoms. The Balaban J connectivity index is 2.12. The number of hydrogen-bond acceptors (Lipinski definition) is 1. The van der Waals surface area contributed by atoms with Crippen molar-refractivity contribution in [3.63, 3.8) is 0 Å². The molecule has 2 aromatic carbocycles. The van der Waals surface area contributed by atoms with Crippen LogP contribution >= 0.6 is 0 Å². The Morgan fingerprint density at radius 1 is 1.00 bits per heavy atom. The van der Waals surface area contributed by atoms with Gasteiger partial charge >= 0.3 is 0 Å². The van der Waals surface area contributed by atoms with Gasteiger partial charge in [0.25, 0.3) is 0 Å². The van der Waals surface area contributed by atoms with Crippen LogP contribution in [0, 0.1) is 5.41 Å². The van der Waals surface area contributed by atoms with Gasteiger partial charge < -0.3 is 5.41 Å². The molecule has 2 aromatic rings. The molecule has 0 aromatic heterocycles. The fraction of sp³-hybridized carbons (Fsp3) is 0.235. The molecule has 90 valence electrons. The summed E-state index contributed by atoms with van der Waals surface area (Å²) in [7, 11) is 0. The van der Waals surface area contributed by atoms with Gasteiger partial charge in [0, 0.05) is 11.6 Å². The second kappa shape index (κ2) is 4.41. The summed E-state index contributed by atoms with van der Waals surface area (Å²) in [6.45, 7) is 0. The van der Waals surface area contributed by atoms with Gasteiger partial charge in [-0.2, -0.15) is 0 Å². The second-order valence-corrected chi connectivity index (χ2v) is 5.08. The molecule has 0 amide bonds. The fourth-order valence-corrected chi connectivity index (χ4v) is 2.83. The van der Waals surface area contributed by atoms with Gasteiger partial charge in [-0.25, -0.2) is 0 Å². The van der Waals surface area contributed by atoms with Crippen LogP contribution in [0.5, 0.6) is 0 Å². The minimum atomic E-state index is -0.0845. The molecule has 1 heteroatoms.